The van der Waals surface area contributed by atoms with E-state index < -0.39 is 11.6 Å². The lowest BCUT2D eigenvalue weighted by Crippen LogP contribution is -2.48. The van der Waals surface area contributed by atoms with Crippen molar-refractivity contribution in [2.24, 2.45) is 0 Å². The number of nitrogens with one attached hydrogen (secondary N) is 1. The minimum atomic E-state index is -0.752. The molecule has 4 rings (SSSR count). The predicted molar refractivity (Wildman–Crippen MR) is 91.1 cm³/mol. The Kier molecular flexibility index (Phi) is 3.59. The smallest absolute Gasteiger partial charge is 0.323 e. The fraction of sp³-hybridized carbons (Fsp3) is 0.444. The molecule has 0 unspecified atom stereocenters. The molecule has 25 heavy (non-hydrogen) atoms. The topological polar surface area (TPSA) is 83.8 Å². The molecule has 0 aromatic carbocycles. The molecule has 7 nitrogen and oxygen atoms in total. The maximum atomic E-state index is 12.8. The Balaban J connectivity index is 1.66. The van der Waals surface area contributed by atoms with Crippen LogP contribution in [-0.2, 0) is 11.3 Å². The van der Waals surface area contributed by atoms with Crippen molar-refractivity contribution in [2.75, 3.05) is 0 Å². The first-order valence-electron chi connectivity index (χ1n) is 8.63. The highest BCUT2D eigenvalue weighted by atomic mass is 16.2. The third-order valence-corrected chi connectivity index (χ3v) is 5.21. The first-order chi connectivity index (χ1) is 12.0. The lowest BCUT2D eigenvalue weighted by Gasteiger charge is -2.30. The zero-order chi connectivity index (χ0) is 17.6. The lowest BCUT2D eigenvalue weighted by atomic mass is 9.82. The average Bonchev–Trinajstić information content (AvgIpc) is 2.79. The van der Waals surface area contributed by atoms with Crippen LogP contribution in [0.25, 0.3) is 5.65 Å². The molecule has 2 aromatic rings. The SMILES string of the molecule is Cc1cccc2nc(CN3C(=O)NC4(CCCCC4)C3=O)cc(=O)n12. The first-order valence-corrected chi connectivity index (χ1v) is 8.63. The largest absolute Gasteiger partial charge is 0.325 e. The number of carbonyl (C=O) groups excluding carboxylic acids is 2. The Morgan fingerprint density at radius 3 is 2.68 bits per heavy atom. The zero-order valence-electron chi connectivity index (χ0n) is 14.1. The fourth-order valence-corrected chi connectivity index (χ4v) is 3.92. The molecule has 0 bridgehead atoms. The summed E-state index contributed by atoms with van der Waals surface area (Å²) < 4.78 is 1.51. The van der Waals surface area contributed by atoms with Crippen LogP contribution in [-0.4, -0.2) is 31.8 Å². The van der Waals surface area contributed by atoms with Gasteiger partial charge in [-0.05, 0) is 31.9 Å². The summed E-state index contributed by atoms with van der Waals surface area (Å²) >= 11 is 0. The van der Waals surface area contributed by atoms with Crippen molar-refractivity contribution in [3.8, 4) is 0 Å². The summed E-state index contributed by atoms with van der Waals surface area (Å²) in [7, 11) is 0. The summed E-state index contributed by atoms with van der Waals surface area (Å²) in [5, 5.41) is 2.88. The molecule has 2 aliphatic rings. The molecule has 3 heterocycles. The minimum Gasteiger partial charge on any atom is -0.323 e. The number of rotatable bonds is 2. The van der Waals surface area contributed by atoms with Crippen molar-refractivity contribution < 1.29 is 9.59 Å². The van der Waals surface area contributed by atoms with Crippen LogP contribution in [0.2, 0.25) is 0 Å². The highest BCUT2D eigenvalue weighted by Gasteiger charge is 2.51. The van der Waals surface area contributed by atoms with Gasteiger partial charge in [-0.15, -0.1) is 0 Å². The Morgan fingerprint density at radius 1 is 1.16 bits per heavy atom. The van der Waals surface area contributed by atoms with E-state index in [1.807, 2.05) is 19.1 Å². The van der Waals surface area contributed by atoms with Gasteiger partial charge in [-0.1, -0.05) is 25.3 Å². The van der Waals surface area contributed by atoms with Gasteiger partial charge in [0.2, 0.25) is 0 Å². The van der Waals surface area contributed by atoms with E-state index in [9.17, 15) is 14.4 Å². The van der Waals surface area contributed by atoms with Gasteiger partial charge in [0.1, 0.15) is 11.2 Å². The summed E-state index contributed by atoms with van der Waals surface area (Å²) in [6.07, 6.45) is 4.33. The first kappa shape index (κ1) is 15.8. The molecular weight excluding hydrogens is 320 g/mol. The van der Waals surface area contributed by atoms with Crippen LogP contribution in [0.5, 0.6) is 0 Å². The van der Waals surface area contributed by atoms with Crippen LogP contribution in [0.15, 0.2) is 29.1 Å². The Bertz CT molecular complexity index is 928. The van der Waals surface area contributed by atoms with Crippen LogP contribution in [0.4, 0.5) is 4.79 Å². The highest BCUT2D eigenvalue weighted by Crippen LogP contribution is 2.34. The maximum absolute atomic E-state index is 12.8. The molecule has 2 aromatic heterocycles. The van der Waals surface area contributed by atoms with E-state index in [-0.39, 0.29) is 18.0 Å². The van der Waals surface area contributed by atoms with Gasteiger partial charge in [-0.3, -0.25) is 18.9 Å². The monoisotopic (exact) mass is 340 g/mol. The van der Waals surface area contributed by atoms with Gasteiger partial charge in [0.05, 0.1) is 12.2 Å². The summed E-state index contributed by atoms with van der Waals surface area (Å²) in [4.78, 5) is 43.2. The molecule has 1 aliphatic heterocycles. The molecule has 0 atom stereocenters. The Labute approximate surface area is 144 Å². The van der Waals surface area contributed by atoms with Crippen molar-refractivity contribution in [3.05, 3.63) is 46.0 Å². The van der Waals surface area contributed by atoms with Gasteiger partial charge < -0.3 is 5.32 Å². The second kappa shape index (κ2) is 5.68. The second-order valence-corrected chi connectivity index (χ2v) is 6.91. The number of amides is 3. The van der Waals surface area contributed by atoms with Gasteiger partial charge in [-0.25, -0.2) is 9.78 Å². The van der Waals surface area contributed by atoms with E-state index in [1.165, 1.54) is 15.4 Å². The van der Waals surface area contributed by atoms with E-state index in [0.29, 0.717) is 24.2 Å². The molecule has 0 radical (unpaired) electrons. The van der Waals surface area contributed by atoms with Gasteiger partial charge in [0, 0.05) is 11.8 Å². The second-order valence-electron chi connectivity index (χ2n) is 6.91. The van der Waals surface area contributed by atoms with Crippen molar-refractivity contribution >= 4 is 17.6 Å². The molecule has 7 heteroatoms. The molecule has 130 valence electrons. The number of aromatic nitrogens is 2. The van der Waals surface area contributed by atoms with Gasteiger partial charge >= 0.3 is 6.03 Å². The maximum Gasteiger partial charge on any atom is 0.325 e. The molecular formula is C18H20N4O3. The number of urea groups is 1. The number of pyridine rings is 1. The standard InChI is InChI=1S/C18H20N4O3/c1-12-6-5-7-14-19-13(10-15(23)22(12)14)11-21-16(24)18(20-17(21)25)8-3-2-4-9-18/h5-7,10H,2-4,8-9,11H2,1H3,(H,20,25). The highest BCUT2D eigenvalue weighted by molar-refractivity contribution is 6.07. The molecule has 1 N–H and O–H groups in total. The van der Waals surface area contributed by atoms with Gasteiger partial charge in [0.15, 0.2) is 0 Å². The van der Waals surface area contributed by atoms with Crippen LogP contribution < -0.4 is 10.9 Å². The van der Waals surface area contributed by atoms with Crippen molar-refractivity contribution in [3.63, 3.8) is 0 Å². The van der Waals surface area contributed by atoms with Crippen molar-refractivity contribution in [1.82, 2.24) is 19.6 Å². The molecule has 1 saturated carbocycles. The number of hydrogen-bond donors (Lipinski definition) is 1. The third-order valence-electron chi connectivity index (χ3n) is 5.21. The lowest BCUT2D eigenvalue weighted by molar-refractivity contribution is -0.132. The van der Waals surface area contributed by atoms with Crippen LogP contribution in [0, 0.1) is 6.92 Å². The van der Waals surface area contributed by atoms with Gasteiger partial charge in [-0.2, -0.15) is 0 Å². The van der Waals surface area contributed by atoms with E-state index in [2.05, 4.69) is 10.3 Å². The number of imide groups is 1. The molecule has 2 fully saturated rings. The number of nitrogens with zero attached hydrogens (tertiary/aromatic N) is 3. The van der Waals surface area contributed by atoms with E-state index in [1.54, 1.807) is 6.07 Å². The summed E-state index contributed by atoms with van der Waals surface area (Å²) in [5.74, 6) is -0.191. The Morgan fingerprint density at radius 2 is 1.92 bits per heavy atom. The zero-order valence-corrected chi connectivity index (χ0v) is 14.1. The molecule has 3 amide bonds. The van der Waals surface area contributed by atoms with E-state index >= 15 is 0 Å². The van der Waals surface area contributed by atoms with Crippen LogP contribution >= 0.6 is 0 Å². The summed E-state index contributed by atoms with van der Waals surface area (Å²) in [6, 6.07) is 6.41. The molecule has 1 aliphatic carbocycles. The quantitative estimate of drug-likeness (QED) is 0.844. The number of hydrogen-bond acceptors (Lipinski definition) is 4. The summed E-state index contributed by atoms with van der Waals surface area (Å²) in [6.45, 7) is 1.85. The Hall–Kier alpha value is -2.70. The van der Waals surface area contributed by atoms with Crippen molar-refractivity contribution in [2.45, 2.75) is 51.1 Å². The minimum absolute atomic E-state index is 0.0199. The number of fused-ring (bicyclic) bond motifs is 1. The fourth-order valence-electron chi connectivity index (χ4n) is 3.92. The summed E-state index contributed by atoms with van der Waals surface area (Å²) in [5.41, 5.74) is 0.766. The van der Waals surface area contributed by atoms with E-state index in [0.717, 1.165) is 25.0 Å². The molecule has 1 saturated heterocycles. The molecule has 1 spiro atoms. The van der Waals surface area contributed by atoms with Crippen LogP contribution in [0.1, 0.15) is 43.5 Å². The van der Waals surface area contributed by atoms with Gasteiger partial charge in [0.25, 0.3) is 11.5 Å². The van der Waals surface area contributed by atoms with Crippen molar-refractivity contribution in [1.29, 1.82) is 0 Å². The number of aryl methyl sites for hydroxylation is 1. The normalized spacial score (nSPS) is 19.6. The number of carbonyl (C=O) groups is 2. The third kappa shape index (κ3) is 2.50. The average molecular weight is 340 g/mol. The predicted octanol–water partition coefficient (Wildman–Crippen LogP) is 1.76. The van der Waals surface area contributed by atoms with Crippen LogP contribution in [0.3, 0.4) is 0 Å². The van der Waals surface area contributed by atoms with E-state index in [4.69, 9.17) is 0 Å².